The summed E-state index contributed by atoms with van der Waals surface area (Å²) in [6.07, 6.45) is 3.95. The predicted octanol–water partition coefficient (Wildman–Crippen LogP) is 2.30. The Balaban J connectivity index is 1.89. The van der Waals surface area contributed by atoms with Gasteiger partial charge in [0.25, 0.3) is 0 Å². The zero-order chi connectivity index (χ0) is 11.8. The van der Waals surface area contributed by atoms with Crippen molar-refractivity contribution in [3.05, 3.63) is 29.8 Å². The van der Waals surface area contributed by atoms with Crippen LogP contribution in [0.1, 0.15) is 24.8 Å². The van der Waals surface area contributed by atoms with Gasteiger partial charge in [0.2, 0.25) is 0 Å². The van der Waals surface area contributed by atoms with Crippen molar-refractivity contribution in [1.29, 1.82) is 0 Å². The lowest BCUT2D eigenvalue weighted by Gasteiger charge is -2.30. The number of aliphatic carboxylic acids is 1. The second-order valence-electron chi connectivity index (χ2n) is 5.02. The van der Waals surface area contributed by atoms with Gasteiger partial charge in [-0.25, -0.2) is 0 Å². The molecule has 1 saturated carbocycles. The first kappa shape index (κ1) is 10.6. The van der Waals surface area contributed by atoms with E-state index < -0.39 is 5.97 Å². The molecule has 1 aromatic carbocycles. The molecule has 1 aromatic rings. The highest BCUT2D eigenvalue weighted by molar-refractivity contribution is 5.73. The van der Waals surface area contributed by atoms with E-state index in [9.17, 15) is 9.90 Å². The highest BCUT2D eigenvalue weighted by Gasteiger charge is 2.38. The number of nitrogens with zero attached hydrogens (tertiary/aromatic N) is 1. The molecule has 90 valence electrons. The van der Waals surface area contributed by atoms with E-state index in [2.05, 4.69) is 23.1 Å². The maximum Gasteiger partial charge on any atom is 0.308 e. The molecule has 17 heavy (non-hydrogen) atoms. The number of rotatable bonds is 2. The summed E-state index contributed by atoms with van der Waals surface area (Å²) in [4.78, 5) is 13.6. The summed E-state index contributed by atoms with van der Waals surface area (Å²) in [5.41, 5.74) is 2.62. The smallest absolute Gasteiger partial charge is 0.308 e. The van der Waals surface area contributed by atoms with E-state index in [0.29, 0.717) is 0 Å². The third-order valence-corrected chi connectivity index (χ3v) is 4.12. The van der Waals surface area contributed by atoms with Crippen LogP contribution in [0.2, 0.25) is 0 Å². The number of fused-ring (bicyclic) bond motifs is 1. The average Bonchev–Trinajstić information content (AvgIpc) is 2.94. The van der Waals surface area contributed by atoms with Gasteiger partial charge >= 0.3 is 5.97 Å². The molecule has 0 bridgehead atoms. The van der Waals surface area contributed by atoms with Gasteiger partial charge in [-0.15, -0.1) is 0 Å². The van der Waals surface area contributed by atoms with Crippen LogP contribution in [0.3, 0.4) is 0 Å². The van der Waals surface area contributed by atoms with Crippen LogP contribution in [0, 0.1) is 5.92 Å². The predicted molar refractivity (Wildman–Crippen MR) is 66.3 cm³/mol. The van der Waals surface area contributed by atoms with Gasteiger partial charge in [0.15, 0.2) is 0 Å². The van der Waals surface area contributed by atoms with Crippen molar-refractivity contribution < 1.29 is 9.90 Å². The van der Waals surface area contributed by atoms with Crippen molar-refractivity contribution in [1.82, 2.24) is 0 Å². The van der Waals surface area contributed by atoms with Crippen molar-refractivity contribution in [2.45, 2.75) is 31.7 Å². The van der Waals surface area contributed by atoms with Gasteiger partial charge in [-0.1, -0.05) is 24.6 Å². The van der Waals surface area contributed by atoms with Crippen LogP contribution in [0.5, 0.6) is 0 Å². The zero-order valence-electron chi connectivity index (χ0n) is 9.80. The van der Waals surface area contributed by atoms with E-state index in [1.807, 2.05) is 6.07 Å². The third-order valence-electron chi connectivity index (χ3n) is 4.12. The standard InChI is InChI=1S/C14H17NO2/c16-14(17)11-5-3-7-13(11)15-9-8-10-4-1-2-6-12(10)15/h1-2,4,6,11,13H,3,5,7-9H2,(H,16,17). The van der Waals surface area contributed by atoms with Crippen molar-refractivity contribution in [2.75, 3.05) is 11.4 Å². The summed E-state index contributed by atoms with van der Waals surface area (Å²) in [7, 11) is 0. The molecule has 2 atom stereocenters. The highest BCUT2D eigenvalue weighted by Crippen LogP contribution is 2.37. The van der Waals surface area contributed by atoms with Crippen LogP contribution in [0.15, 0.2) is 24.3 Å². The minimum Gasteiger partial charge on any atom is -0.481 e. The topological polar surface area (TPSA) is 40.5 Å². The first-order valence-electron chi connectivity index (χ1n) is 6.35. The minimum atomic E-state index is -0.628. The maximum absolute atomic E-state index is 11.3. The number of carboxylic acids is 1. The number of carbonyl (C=O) groups is 1. The fraction of sp³-hybridized carbons (Fsp3) is 0.500. The van der Waals surface area contributed by atoms with Crippen LogP contribution in [-0.2, 0) is 11.2 Å². The lowest BCUT2D eigenvalue weighted by molar-refractivity contribution is -0.141. The van der Waals surface area contributed by atoms with Crippen molar-refractivity contribution in [3.8, 4) is 0 Å². The monoisotopic (exact) mass is 231 g/mol. The maximum atomic E-state index is 11.3. The molecule has 1 N–H and O–H groups in total. The van der Waals surface area contributed by atoms with E-state index in [1.54, 1.807) is 0 Å². The summed E-state index contributed by atoms with van der Waals surface area (Å²) in [6, 6.07) is 8.59. The quantitative estimate of drug-likeness (QED) is 0.849. The van der Waals surface area contributed by atoms with Gasteiger partial charge in [-0.3, -0.25) is 4.79 Å². The normalized spacial score (nSPS) is 27.2. The molecule has 1 aliphatic heterocycles. The fourth-order valence-electron chi connectivity index (χ4n) is 3.31. The minimum absolute atomic E-state index is 0.179. The van der Waals surface area contributed by atoms with E-state index in [-0.39, 0.29) is 12.0 Å². The Morgan fingerprint density at radius 2 is 2.12 bits per heavy atom. The molecule has 3 heteroatoms. The van der Waals surface area contributed by atoms with Crippen LogP contribution in [0.25, 0.3) is 0 Å². The number of hydrogen-bond acceptors (Lipinski definition) is 2. The number of para-hydroxylation sites is 1. The molecule has 1 heterocycles. The van der Waals surface area contributed by atoms with E-state index in [0.717, 1.165) is 32.2 Å². The van der Waals surface area contributed by atoms with Gasteiger partial charge in [0.05, 0.1) is 5.92 Å². The molecule has 3 nitrogen and oxygen atoms in total. The molecular weight excluding hydrogens is 214 g/mol. The van der Waals surface area contributed by atoms with E-state index in [1.165, 1.54) is 11.3 Å². The molecule has 3 rings (SSSR count). The molecule has 0 radical (unpaired) electrons. The number of hydrogen-bond donors (Lipinski definition) is 1. The average molecular weight is 231 g/mol. The Labute approximate surface area is 101 Å². The summed E-state index contributed by atoms with van der Waals surface area (Å²) in [6.45, 7) is 0.980. The Morgan fingerprint density at radius 1 is 1.29 bits per heavy atom. The summed E-state index contributed by atoms with van der Waals surface area (Å²) in [5, 5.41) is 9.27. The van der Waals surface area contributed by atoms with Gasteiger partial charge in [0.1, 0.15) is 0 Å². The van der Waals surface area contributed by atoms with Crippen molar-refractivity contribution >= 4 is 11.7 Å². The molecule has 0 aromatic heterocycles. The lowest BCUT2D eigenvalue weighted by Crippen LogP contribution is -2.39. The van der Waals surface area contributed by atoms with Crippen LogP contribution in [-0.4, -0.2) is 23.7 Å². The van der Waals surface area contributed by atoms with Crippen molar-refractivity contribution in [3.63, 3.8) is 0 Å². The van der Waals surface area contributed by atoms with E-state index >= 15 is 0 Å². The van der Waals surface area contributed by atoms with Gasteiger partial charge in [-0.05, 0) is 30.9 Å². The van der Waals surface area contributed by atoms with Crippen LogP contribution < -0.4 is 4.90 Å². The Morgan fingerprint density at radius 3 is 2.94 bits per heavy atom. The van der Waals surface area contributed by atoms with E-state index in [4.69, 9.17) is 0 Å². The summed E-state index contributed by atoms with van der Waals surface area (Å²) < 4.78 is 0. The number of carboxylic acid groups (broad SMARTS) is 1. The molecule has 0 spiro atoms. The second kappa shape index (κ2) is 4.06. The molecule has 2 unspecified atom stereocenters. The van der Waals surface area contributed by atoms with Crippen LogP contribution >= 0.6 is 0 Å². The first-order valence-corrected chi connectivity index (χ1v) is 6.35. The molecule has 0 amide bonds. The third kappa shape index (κ3) is 1.70. The number of benzene rings is 1. The Bertz CT molecular complexity index is 444. The van der Waals surface area contributed by atoms with Gasteiger partial charge in [-0.2, -0.15) is 0 Å². The Hall–Kier alpha value is -1.51. The lowest BCUT2D eigenvalue weighted by atomic mass is 10.0. The van der Waals surface area contributed by atoms with Gasteiger partial charge in [0, 0.05) is 18.3 Å². The molecule has 2 aliphatic rings. The first-order chi connectivity index (χ1) is 8.27. The second-order valence-corrected chi connectivity index (χ2v) is 5.02. The van der Waals surface area contributed by atoms with Crippen LogP contribution in [0.4, 0.5) is 5.69 Å². The fourth-order valence-corrected chi connectivity index (χ4v) is 3.31. The van der Waals surface area contributed by atoms with Gasteiger partial charge < -0.3 is 10.0 Å². The largest absolute Gasteiger partial charge is 0.481 e. The molecular formula is C14H17NO2. The molecule has 0 saturated heterocycles. The molecule has 1 aliphatic carbocycles. The Kier molecular flexibility index (Phi) is 2.54. The summed E-state index contributed by atoms with van der Waals surface area (Å²) >= 11 is 0. The summed E-state index contributed by atoms with van der Waals surface area (Å²) in [5.74, 6) is -0.807. The molecule has 1 fully saturated rings. The highest BCUT2D eigenvalue weighted by atomic mass is 16.4. The number of anilines is 1. The SMILES string of the molecule is O=C(O)C1CCCC1N1CCc2ccccc21. The zero-order valence-corrected chi connectivity index (χ0v) is 9.80. The van der Waals surface area contributed by atoms with Crippen molar-refractivity contribution in [2.24, 2.45) is 5.92 Å².